The molecule has 2 heterocycles. The van der Waals surface area contributed by atoms with Crippen LogP contribution in [0.5, 0.6) is 0 Å². The molecule has 0 saturated heterocycles. The number of hydrogen-bond donors (Lipinski definition) is 1. The van der Waals surface area contributed by atoms with Gasteiger partial charge in [-0.2, -0.15) is 0 Å². The van der Waals surface area contributed by atoms with E-state index in [0.717, 1.165) is 25.0 Å². The van der Waals surface area contributed by atoms with Crippen LogP contribution >= 0.6 is 11.8 Å². The molecule has 1 amide bonds. The van der Waals surface area contributed by atoms with Crippen molar-refractivity contribution in [1.82, 2.24) is 10.1 Å². The molecule has 0 saturated carbocycles. The molecule has 0 fully saturated rings. The van der Waals surface area contributed by atoms with E-state index in [4.69, 9.17) is 5.10 Å². The van der Waals surface area contributed by atoms with Crippen molar-refractivity contribution < 1.29 is 13.9 Å². The molecule has 1 aliphatic heterocycles. The summed E-state index contributed by atoms with van der Waals surface area (Å²) in [5, 5.41) is 5.24. The minimum absolute atomic E-state index is 0.194. The number of fused-ring (bicyclic) bond motifs is 3. The summed E-state index contributed by atoms with van der Waals surface area (Å²) in [6.45, 7) is 3.65. The number of unbranched alkanes of at least 4 members (excludes halogenated alkanes) is 3. The summed E-state index contributed by atoms with van der Waals surface area (Å²) in [4.78, 5) is 30.5. The quantitative estimate of drug-likeness (QED) is 0.326. The summed E-state index contributed by atoms with van der Waals surface area (Å²) < 4.78 is 15.2. The van der Waals surface area contributed by atoms with E-state index in [1.807, 2.05) is 24.3 Å². The Hall–Kier alpha value is -3.00. The molecule has 1 aromatic heterocycles. The zero-order chi connectivity index (χ0) is 22.7. The third-order valence-corrected chi connectivity index (χ3v) is 6.45. The lowest BCUT2D eigenvalue weighted by molar-refractivity contribution is -0.763. The van der Waals surface area contributed by atoms with Gasteiger partial charge in [-0.15, -0.1) is 0 Å². The number of rotatable bonds is 7. The molecule has 0 aliphatic carbocycles. The minimum Gasteiger partial charge on any atom is -0.291 e. The molecule has 4 rings (SSSR count). The van der Waals surface area contributed by atoms with Crippen LogP contribution in [0.1, 0.15) is 51.3 Å². The number of halogens is 1. The number of para-hydroxylation sites is 1. The zero-order valence-electron chi connectivity index (χ0n) is 18.2. The van der Waals surface area contributed by atoms with Gasteiger partial charge in [-0.1, -0.05) is 50.1 Å². The maximum absolute atomic E-state index is 13.6. The summed E-state index contributed by atoms with van der Waals surface area (Å²) >= 11 is 1.50. The molecule has 1 aliphatic rings. The second-order valence-electron chi connectivity index (χ2n) is 7.79. The SMILES string of the molecule is CCCCCCSc1n[n+]2c(c(=O)[nH]1)-c1ccccc1N(C(C)=O)C2c1ccc(F)cc1. The number of hydrogen-bond acceptors (Lipinski definition) is 4. The maximum atomic E-state index is 13.6. The van der Waals surface area contributed by atoms with E-state index >= 15 is 0 Å². The van der Waals surface area contributed by atoms with Crippen LogP contribution in [0.4, 0.5) is 10.1 Å². The lowest BCUT2D eigenvalue weighted by Crippen LogP contribution is -2.60. The Morgan fingerprint density at radius 2 is 1.91 bits per heavy atom. The largest absolute Gasteiger partial charge is 0.325 e. The van der Waals surface area contributed by atoms with E-state index in [1.165, 1.54) is 37.2 Å². The van der Waals surface area contributed by atoms with Crippen LogP contribution < -0.4 is 15.1 Å². The van der Waals surface area contributed by atoms with Crippen molar-refractivity contribution in [1.29, 1.82) is 0 Å². The van der Waals surface area contributed by atoms with Crippen LogP contribution in [0.2, 0.25) is 0 Å². The van der Waals surface area contributed by atoms with E-state index in [2.05, 4.69) is 11.9 Å². The Morgan fingerprint density at radius 1 is 1.16 bits per heavy atom. The van der Waals surface area contributed by atoms with Gasteiger partial charge in [0.15, 0.2) is 0 Å². The van der Waals surface area contributed by atoms with Crippen LogP contribution in [-0.4, -0.2) is 21.7 Å². The number of anilines is 1. The van der Waals surface area contributed by atoms with E-state index in [1.54, 1.807) is 21.7 Å². The highest BCUT2D eigenvalue weighted by Gasteiger charge is 2.44. The first-order chi connectivity index (χ1) is 15.5. The first kappa shape index (κ1) is 22.2. The fourth-order valence-corrected chi connectivity index (χ4v) is 4.86. The summed E-state index contributed by atoms with van der Waals surface area (Å²) in [7, 11) is 0. The van der Waals surface area contributed by atoms with Gasteiger partial charge in [0.2, 0.25) is 11.1 Å². The molecule has 2 aromatic carbocycles. The van der Waals surface area contributed by atoms with E-state index in [9.17, 15) is 14.0 Å². The second kappa shape index (κ2) is 9.65. The molecule has 1 unspecified atom stereocenters. The summed E-state index contributed by atoms with van der Waals surface area (Å²) in [5.41, 5.74) is 2.04. The molecule has 0 radical (unpaired) electrons. The topological polar surface area (TPSA) is 69.9 Å². The monoisotopic (exact) mass is 453 g/mol. The zero-order valence-corrected chi connectivity index (χ0v) is 19.0. The highest BCUT2D eigenvalue weighted by molar-refractivity contribution is 7.99. The normalized spacial score (nSPS) is 14.7. The van der Waals surface area contributed by atoms with Crippen molar-refractivity contribution in [3.8, 4) is 11.3 Å². The standard InChI is InChI=1S/C24H25FN4O2S/c1-3-4-5-8-15-32-24-26-22(31)21-19-9-6-7-10-20(19)28(16(2)30)23(29(21)27-24)17-11-13-18(25)14-12-17/h6-7,9-14,23H,3-5,8,15H2,1-2H3/p+1. The van der Waals surface area contributed by atoms with Crippen molar-refractivity contribution in [2.24, 2.45) is 0 Å². The molecule has 8 heteroatoms. The van der Waals surface area contributed by atoms with Crippen LogP contribution in [-0.2, 0) is 4.79 Å². The van der Waals surface area contributed by atoms with Crippen molar-refractivity contribution in [3.63, 3.8) is 0 Å². The van der Waals surface area contributed by atoms with Gasteiger partial charge >= 0.3 is 11.3 Å². The minimum atomic E-state index is -0.695. The van der Waals surface area contributed by atoms with Crippen LogP contribution in [0, 0.1) is 5.82 Å². The lowest BCUT2D eigenvalue weighted by atomic mass is 10.0. The molecule has 1 N–H and O–H groups in total. The first-order valence-electron chi connectivity index (χ1n) is 10.8. The van der Waals surface area contributed by atoms with Gasteiger partial charge in [-0.25, -0.2) is 9.29 Å². The Labute approximate surface area is 190 Å². The highest BCUT2D eigenvalue weighted by Crippen LogP contribution is 2.37. The second-order valence-corrected chi connectivity index (χ2v) is 8.88. The number of aromatic amines is 1. The molecular weight excluding hydrogens is 427 g/mol. The average molecular weight is 454 g/mol. The Balaban J connectivity index is 1.84. The van der Waals surface area contributed by atoms with Crippen LogP contribution in [0.15, 0.2) is 58.5 Å². The van der Waals surface area contributed by atoms with Gasteiger partial charge in [0.25, 0.3) is 6.17 Å². The maximum Gasteiger partial charge on any atom is 0.325 e. The van der Waals surface area contributed by atoms with Crippen molar-refractivity contribution in [3.05, 3.63) is 70.3 Å². The first-order valence-corrected chi connectivity index (χ1v) is 11.8. The van der Waals surface area contributed by atoms with Gasteiger partial charge in [0, 0.05) is 23.3 Å². The number of carbonyl (C=O) groups excluding carboxylic acids is 1. The van der Waals surface area contributed by atoms with Crippen molar-refractivity contribution in [2.75, 3.05) is 10.7 Å². The van der Waals surface area contributed by atoms with Gasteiger partial charge in [-0.3, -0.25) is 14.6 Å². The Kier molecular flexibility index (Phi) is 6.69. The number of nitrogens with one attached hydrogen (secondary N) is 1. The predicted octanol–water partition coefficient (Wildman–Crippen LogP) is 4.45. The molecule has 1 atom stereocenters. The number of amides is 1. The molecular formula is C24H26FN4O2S+. The molecule has 6 nitrogen and oxygen atoms in total. The Morgan fingerprint density at radius 3 is 2.62 bits per heavy atom. The van der Waals surface area contributed by atoms with Gasteiger partial charge < -0.3 is 0 Å². The fourth-order valence-electron chi connectivity index (χ4n) is 4.01. The third kappa shape index (κ3) is 4.32. The van der Waals surface area contributed by atoms with Crippen LogP contribution in [0.25, 0.3) is 11.3 Å². The fraction of sp³-hybridized carbons (Fsp3) is 0.333. The smallest absolute Gasteiger partial charge is 0.291 e. The van der Waals surface area contributed by atoms with Gasteiger partial charge in [-0.05, 0) is 47.5 Å². The van der Waals surface area contributed by atoms with E-state index < -0.39 is 6.17 Å². The van der Waals surface area contributed by atoms with E-state index in [-0.39, 0.29) is 17.3 Å². The number of H-pyrrole nitrogens is 1. The summed E-state index contributed by atoms with van der Waals surface area (Å²) in [6, 6.07) is 13.2. The lowest BCUT2D eigenvalue weighted by Gasteiger charge is -2.31. The van der Waals surface area contributed by atoms with Crippen molar-refractivity contribution >= 4 is 23.4 Å². The van der Waals surface area contributed by atoms with Gasteiger partial charge in [0.05, 0.1) is 11.3 Å². The molecule has 0 spiro atoms. The van der Waals surface area contributed by atoms with Crippen LogP contribution in [0.3, 0.4) is 0 Å². The molecule has 166 valence electrons. The number of benzene rings is 2. The van der Waals surface area contributed by atoms with Gasteiger partial charge in [0.1, 0.15) is 5.82 Å². The number of aromatic nitrogens is 3. The molecule has 0 bridgehead atoms. The van der Waals surface area contributed by atoms with E-state index in [0.29, 0.717) is 27.7 Å². The molecule has 3 aromatic rings. The summed E-state index contributed by atoms with van der Waals surface area (Å²) in [5.74, 6) is 0.281. The predicted molar refractivity (Wildman–Crippen MR) is 123 cm³/mol. The average Bonchev–Trinajstić information content (AvgIpc) is 2.78. The Bertz CT molecular complexity index is 1180. The number of carbonyl (C=O) groups is 1. The number of nitrogens with zero attached hydrogens (tertiary/aromatic N) is 3. The number of thioether (sulfide) groups is 1. The van der Waals surface area contributed by atoms with Crippen molar-refractivity contribution in [2.45, 2.75) is 50.9 Å². The highest BCUT2D eigenvalue weighted by atomic mass is 32.2. The third-order valence-electron chi connectivity index (χ3n) is 5.50. The molecule has 32 heavy (non-hydrogen) atoms. The summed E-state index contributed by atoms with van der Waals surface area (Å²) in [6.07, 6.45) is 3.82.